The molecule has 1 aromatic rings. The number of carbonyl (C=O) groups excluding carboxylic acids is 2. The van der Waals surface area contributed by atoms with Gasteiger partial charge < -0.3 is 25.0 Å². The van der Waals surface area contributed by atoms with Crippen LogP contribution in [0.1, 0.15) is 57.1 Å². The zero-order valence-corrected chi connectivity index (χ0v) is 23.4. The quantitative estimate of drug-likeness (QED) is 0.241. The number of alkyl halides is 2. The number of nitrogens with zero attached hydrogens (tertiary/aromatic N) is 3. The van der Waals surface area contributed by atoms with Crippen molar-refractivity contribution in [3.63, 3.8) is 0 Å². The molecule has 2 saturated heterocycles. The summed E-state index contributed by atoms with van der Waals surface area (Å²) in [5, 5.41) is 31.9. The number of hydrogen-bond donors (Lipinski definition) is 3. The van der Waals surface area contributed by atoms with Gasteiger partial charge in [-0.15, -0.1) is 0 Å². The Morgan fingerprint density at radius 2 is 1.95 bits per heavy atom. The second-order valence-corrected chi connectivity index (χ2v) is 11.3. The number of likely N-dealkylation sites (tertiary alicyclic amines) is 2. The fourth-order valence-corrected chi connectivity index (χ4v) is 5.16. The Labute approximate surface area is 234 Å². The molecule has 2 amide bonds. The summed E-state index contributed by atoms with van der Waals surface area (Å²) in [7, 11) is -1.81. The first kappa shape index (κ1) is 31.5. The molecule has 2 aliphatic heterocycles. The maximum Gasteiger partial charge on any atom is 0.475 e. The first-order chi connectivity index (χ1) is 18.8. The summed E-state index contributed by atoms with van der Waals surface area (Å²) in [6.45, 7) is 5.28. The predicted octanol–water partition coefficient (Wildman–Crippen LogP) is 2.99. The zero-order valence-electron chi connectivity index (χ0n) is 23.4. The molecular weight excluding hydrogens is 521 g/mol. The molecule has 12 heteroatoms. The van der Waals surface area contributed by atoms with Crippen LogP contribution in [0.3, 0.4) is 0 Å². The number of alkyl carbamates (subject to hydrolysis) is 1. The molecule has 0 spiro atoms. The molecule has 0 aromatic heterocycles. The second kappa shape index (κ2) is 13.6. The van der Waals surface area contributed by atoms with Gasteiger partial charge in [-0.3, -0.25) is 9.69 Å². The molecule has 2 aliphatic rings. The van der Waals surface area contributed by atoms with Gasteiger partial charge in [0.2, 0.25) is 0 Å². The SMILES string of the molecule is Cc1ccc(CC(NC(=O)OC[C@H]2CCCCCN2C(=O)C(C#N)=CC(C)(C)N2CCC(F)(F)C2)B(O)O)cc1. The largest absolute Gasteiger partial charge is 0.475 e. The lowest BCUT2D eigenvalue weighted by molar-refractivity contribution is -0.129. The fraction of sp³-hybridized carbons (Fsp3) is 0.607. The average Bonchev–Trinajstić information content (AvgIpc) is 3.12. The van der Waals surface area contributed by atoms with Gasteiger partial charge in [0.15, 0.2) is 0 Å². The van der Waals surface area contributed by atoms with Crippen LogP contribution in [0.4, 0.5) is 13.6 Å². The number of ether oxygens (including phenoxy) is 1. The fourth-order valence-electron chi connectivity index (χ4n) is 5.16. The van der Waals surface area contributed by atoms with Crippen molar-refractivity contribution in [2.45, 2.75) is 82.7 Å². The highest BCUT2D eigenvalue weighted by atomic mass is 19.3. The van der Waals surface area contributed by atoms with Gasteiger partial charge in [0, 0.05) is 25.0 Å². The number of carbonyl (C=O) groups is 2. The van der Waals surface area contributed by atoms with Gasteiger partial charge in [0.05, 0.1) is 18.5 Å². The highest BCUT2D eigenvalue weighted by Crippen LogP contribution is 2.33. The number of nitrogens with one attached hydrogen (secondary N) is 1. The smallest absolute Gasteiger partial charge is 0.447 e. The lowest BCUT2D eigenvalue weighted by atomic mass is 9.76. The lowest BCUT2D eigenvalue weighted by Crippen LogP contribution is -2.49. The van der Waals surface area contributed by atoms with Crippen LogP contribution in [0.5, 0.6) is 0 Å². The second-order valence-electron chi connectivity index (χ2n) is 11.3. The molecule has 0 aliphatic carbocycles. The average molecular weight is 560 g/mol. The molecule has 2 heterocycles. The summed E-state index contributed by atoms with van der Waals surface area (Å²) in [6, 6.07) is 8.90. The standard InChI is InChI=1S/C28H39BF2N4O5/c1-20-8-10-21(11-9-20)15-24(29(38)39)33-26(37)40-18-23-7-5-4-6-13-35(23)25(36)22(17-32)16-27(2,3)34-14-12-28(30,31)19-34/h8-11,16,23-24,38-39H,4-7,12-15,18-19H2,1-3H3,(H,33,37)/t23-,24?/m1/s1. The molecule has 40 heavy (non-hydrogen) atoms. The summed E-state index contributed by atoms with van der Waals surface area (Å²) in [4.78, 5) is 29.2. The van der Waals surface area contributed by atoms with E-state index in [0.717, 1.165) is 24.0 Å². The summed E-state index contributed by atoms with van der Waals surface area (Å²) in [6.07, 6.45) is 3.42. The van der Waals surface area contributed by atoms with Crippen LogP contribution in [0.2, 0.25) is 0 Å². The molecule has 0 bridgehead atoms. The Morgan fingerprint density at radius 1 is 1.25 bits per heavy atom. The molecule has 9 nitrogen and oxygen atoms in total. The number of aryl methyl sites for hydroxylation is 1. The molecule has 218 valence electrons. The monoisotopic (exact) mass is 560 g/mol. The summed E-state index contributed by atoms with van der Waals surface area (Å²) in [5.74, 6) is -4.34. The van der Waals surface area contributed by atoms with Crippen LogP contribution < -0.4 is 5.32 Å². The van der Waals surface area contributed by atoms with Crippen molar-refractivity contribution in [2.75, 3.05) is 26.2 Å². The van der Waals surface area contributed by atoms with Crippen LogP contribution in [-0.4, -0.2) is 88.7 Å². The van der Waals surface area contributed by atoms with Crippen molar-refractivity contribution < 1.29 is 33.2 Å². The van der Waals surface area contributed by atoms with E-state index in [0.29, 0.717) is 19.4 Å². The van der Waals surface area contributed by atoms with Gasteiger partial charge >= 0.3 is 13.2 Å². The molecule has 0 radical (unpaired) electrons. The molecule has 3 rings (SSSR count). The van der Waals surface area contributed by atoms with Gasteiger partial charge in [-0.1, -0.05) is 42.7 Å². The maximum absolute atomic E-state index is 13.8. The number of benzene rings is 1. The third-order valence-corrected chi connectivity index (χ3v) is 7.62. The van der Waals surface area contributed by atoms with Crippen LogP contribution in [0.15, 0.2) is 35.9 Å². The van der Waals surface area contributed by atoms with Crippen molar-refractivity contribution in [1.82, 2.24) is 15.1 Å². The van der Waals surface area contributed by atoms with Gasteiger partial charge in [-0.25, -0.2) is 13.6 Å². The molecule has 0 saturated carbocycles. The van der Waals surface area contributed by atoms with Gasteiger partial charge in [-0.2, -0.15) is 5.26 Å². The lowest BCUT2D eigenvalue weighted by Gasteiger charge is -2.34. The molecule has 1 unspecified atom stereocenters. The summed E-state index contributed by atoms with van der Waals surface area (Å²) in [5.41, 5.74) is 0.782. The maximum atomic E-state index is 13.8. The highest BCUT2D eigenvalue weighted by Gasteiger charge is 2.43. The normalized spacial score (nSPS) is 20.8. The van der Waals surface area contributed by atoms with E-state index in [4.69, 9.17) is 4.74 Å². The highest BCUT2D eigenvalue weighted by molar-refractivity contribution is 6.43. The topological polar surface area (TPSA) is 126 Å². The molecule has 2 atom stereocenters. The third-order valence-electron chi connectivity index (χ3n) is 7.62. The molecule has 1 aromatic carbocycles. The predicted molar refractivity (Wildman–Crippen MR) is 146 cm³/mol. The molecule has 3 N–H and O–H groups in total. The Morgan fingerprint density at radius 3 is 2.55 bits per heavy atom. The van der Waals surface area contributed by atoms with E-state index in [1.807, 2.05) is 37.3 Å². The first-order valence-electron chi connectivity index (χ1n) is 13.7. The Bertz CT molecular complexity index is 1110. The van der Waals surface area contributed by atoms with Crippen LogP contribution in [0, 0.1) is 18.3 Å². The van der Waals surface area contributed by atoms with E-state index in [-0.39, 0.29) is 31.6 Å². The van der Waals surface area contributed by atoms with E-state index >= 15 is 0 Å². The van der Waals surface area contributed by atoms with E-state index in [9.17, 15) is 33.7 Å². The Hall–Kier alpha value is -3.01. The van der Waals surface area contributed by atoms with E-state index in [1.165, 1.54) is 11.0 Å². The van der Waals surface area contributed by atoms with Crippen molar-refractivity contribution in [3.8, 4) is 6.07 Å². The van der Waals surface area contributed by atoms with Crippen molar-refractivity contribution in [2.24, 2.45) is 0 Å². The Balaban J connectivity index is 1.66. The zero-order chi connectivity index (χ0) is 29.5. The number of rotatable bonds is 9. The molecular formula is C28H39BF2N4O5. The van der Waals surface area contributed by atoms with Crippen LogP contribution >= 0.6 is 0 Å². The first-order valence-corrected chi connectivity index (χ1v) is 13.7. The number of halogens is 2. The minimum absolute atomic E-state index is 0.141. The van der Waals surface area contributed by atoms with Crippen molar-refractivity contribution in [3.05, 3.63) is 47.0 Å². The van der Waals surface area contributed by atoms with E-state index in [1.54, 1.807) is 18.7 Å². The number of amides is 2. The van der Waals surface area contributed by atoms with Gasteiger partial charge in [0.1, 0.15) is 18.2 Å². The van der Waals surface area contributed by atoms with Crippen LogP contribution in [-0.2, 0) is 16.0 Å². The number of nitriles is 1. The van der Waals surface area contributed by atoms with E-state index in [2.05, 4.69) is 5.32 Å². The number of hydrogen-bond acceptors (Lipinski definition) is 7. The van der Waals surface area contributed by atoms with Gasteiger partial charge in [0.25, 0.3) is 11.8 Å². The Kier molecular flexibility index (Phi) is 10.7. The van der Waals surface area contributed by atoms with Gasteiger partial charge in [-0.05, 0) is 51.7 Å². The van der Waals surface area contributed by atoms with E-state index < -0.39 is 49.1 Å². The van der Waals surface area contributed by atoms with Crippen molar-refractivity contribution >= 4 is 19.1 Å². The summed E-state index contributed by atoms with van der Waals surface area (Å²) >= 11 is 0. The summed E-state index contributed by atoms with van der Waals surface area (Å²) < 4.78 is 33.0. The molecule has 2 fully saturated rings. The van der Waals surface area contributed by atoms with Crippen molar-refractivity contribution in [1.29, 1.82) is 5.26 Å². The minimum atomic E-state index is -2.80. The third kappa shape index (κ3) is 8.75. The van der Waals surface area contributed by atoms with Crippen LogP contribution in [0.25, 0.3) is 0 Å². The minimum Gasteiger partial charge on any atom is -0.447 e.